The molecule has 3 fully saturated rings. The number of amides is 1. The van der Waals surface area contributed by atoms with E-state index >= 15 is 0 Å². The number of aliphatic hydroxyl groups is 1. The second kappa shape index (κ2) is 10.7. The van der Waals surface area contributed by atoms with E-state index in [1.807, 2.05) is 22.8 Å². The summed E-state index contributed by atoms with van der Waals surface area (Å²) < 4.78 is 1.87. The maximum absolute atomic E-state index is 13.9. The molecule has 2 aromatic rings. The fraction of sp³-hybridized carbons (Fsp3) is 0.600. The molecule has 37 heavy (non-hydrogen) atoms. The summed E-state index contributed by atoms with van der Waals surface area (Å²) in [5.74, 6) is 0.535. The number of pyridine rings is 1. The van der Waals surface area contributed by atoms with Gasteiger partial charge in [-0.2, -0.15) is 0 Å². The zero-order chi connectivity index (χ0) is 25.4. The first-order valence-corrected chi connectivity index (χ1v) is 14.3. The molecule has 4 heterocycles. The van der Waals surface area contributed by atoms with Gasteiger partial charge in [0.25, 0.3) is 5.56 Å². The number of benzene rings is 1. The van der Waals surface area contributed by atoms with Gasteiger partial charge in [-0.05, 0) is 36.8 Å². The van der Waals surface area contributed by atoms with E-state index in [2.05, 4.69) is 39.4 Å². The molecule has 1 aromatic heterocycles. The van der Waals surface area contributed by atoms with Crippen LogP contribution in [0.25, 0.3) is 0 Å². The van der Waals surface area contributed by atoms with Crippen molar-refractivity contribution in [2.45, 2.75) is 69.7 Å². The summed E-state index contributed by atoms with van der Waals surface area (Å²) in [5.41, 5.74) is 2.33. The number of nitrogens with zero attached hydrogens (tertiary/aromatic N) is 3. The predicted octanol–water partition coefficient (Wildman–Crippen LogP) is 2.78. The van der Waals surface area contributed by atoms with Gasteiger partial charge in [0.05, 0.1) is 12.1 Å². The Balaban J connectivity index is 1.21. The normalized spacial score (nSPS) is 30.4. The van der Waals surface area contributed by atoms with Crippen molar-refractivity contribution in [1.29, 1.82) is 0 Å². The first-order chi connectivity index (χ1) is 18.1. The van der Waals surface area contributed by atoms with E-state index in [0.717, 1.165) is 38.3 Å². The Morgan fingerprint density at radius 2 is 1.78 bits per heavy atom. The van der Waals surface area contributed by atoms with Crippen molar-refractivity contribution in [3.05, 3.63) is 70.1 Å². The monoisotopic (exact) mass is 504 g/mol. The SMILES string of the molecule is O=C(N[C@H]1CCN(Cc2ccccc2)C1)[C@H]1[C@H](CO)[C@H]2Cn3c(cccc3=O)[C@H]2N1CC1CCCCC1. The number of likely N-dealkylation sites (tertiary alicyclic amines) is 2. The van der Waals surface area contributed by atoms with E-state index in [1.54, 1.807) is 6.07 Å². The van der Waals surface area contributed by atoms with Crippen molar-refractivity contribution in [3.63, 3.8) is 0 Å². The lowest BCUT2D eigenvalue weighted by Crippen LogP contribution is -2.52. The second-order valence-electron chi connectivity index (χ2n) is 11.7. The standard InChI is InChI=1S/C30H40N4O3/c35-20-25-24-19-33-26(12-7-13-27(33)36)28(24)34(17-22-10-5-2-6-11-22)29(25)30(37)31-23-14-15-32(18-23)16-21-8-3-1-4-9-21/h1,3-4,7-9,12-13,22-25,28-29,35H,2,5-6,10-11,14-20H2,(H,31,37)/t23-,24+,25+,28-,29+/m0/s1. The fourth-order valence-corrected chi connectivity index (χ4v) is 7.66. The molecule has 0 radical (unpaired) electrons. The van der Waals surface area contributed by atoms with Crippen LogP contribution in [0.4, 0.5) is 0 Å². The summed E-state index contributed by atoms with van der Waals surface area (Å²) in [6, 6.07) is 15.8. The van der Waals surface area contributed by atoms with Crippen LogP contribution >= 0.6 is 0 Å². The van der Waals surface area contributed by atoms with Crippen LogP contribution in [-0.4, -0.2) is 63.7 Å². The van der Waals surface area contributed by atoms with E-state index in [0.29, 0.717) is 12.5 Å². The van der Waals surface area contributed by atoms with Crippen molar-refractivity contribution >= 4 is 5.91 Å². The Labute approximate surface area is 219 Å². The summed E-state index contributed by atoms with van der Waals surface area (Å²) in [5, 5.41) is 14.0. The number of aromatic nitrogens is 1. The van der Waals surface area contributed by atoms with E-state index in [1.165, 1.54) is 37.7 Å². The smallest absolute Gasteiger partial charge is 0.250 e. The summed E-state index contributed by atoms with van der Waals surface area (Å²) >= 11 is 0. The molecule has 1 aliphatic carbocycles. The van der Waals surface area contributed by atoms with Crippen LogP contribution in [-0.2, 0) is 17.9 Å². The second-order valence-corrected chi connectivity index (χ2v) is 11.7. The first kappa shape index (κ1) is 24.8. The molecule has 5 atom stereocenters. The van der Waals surface area contributed by atoms with Gasteiger partial charge < -0.3 is 15.0 Å². The molecular weight excluding hydrogens is 464 g/mol. The van der Waals surface area contributed by atoms with Crippen LogP contribution in [0.2, 0.25) is 0 Å². The predicted molar refractivity (Wildman–Crippen MR) is 143 cm³/mol. The number of carbonyl (C=O) groups is 1. The Morgan fingerprint density at radius 3 is 2.57 bits per heavy atom. The summed E-state index contributed by atoms with van der Waals surface area (Å²) in [6.45, 7) is 4.15. The van der Waals surface area contributed by atoms with Gasteiger partial charge in [-0.3, -0.25) is 19.4 Å². The van der Waals surface area contributed by atoms with Gasteiger partial charge in [0.15, 0.2) is 0 Å². The van der Waals surface area contributed by atoms with Gasteiger partial charge in [-0.1, -0.05) is 55.7 Å². The van der Waals surface area contributed by atoms with Crippen LogP contribution in [0.15, 0.2) is 53.3 Å². The number of fused-ring (bicyclic) bond motifs is 3. The van der Waals surface area contributed by atoms with Crippen LogP contribution < -0.4 is 10.9 Å². The van der Waals surface area contributed by atoms with Gasteiger partial charge >= 0.3 is 0 Å². The molecule has 0 spiro atoms. The third-order valence-electron chi connectivity index (χ3n) is 9.40. The Hall–Kier alpha value is -2.48. The van der Waals surface area contributed by atoms with Crippen LogP contribution in [0.3, 0.4) is 0 Å². The lowest BCUT2D eigenvalue weighted by Gasteiger charge is -2.35. The van der Waals surface area contributed by atoms with E-state index in [-0.39, 0.29) is 48.0 Å². The van der Waals surface area contributed by atoms with Crippen molar-refractivity contribution < 1.29 is 9.90 Å². The zero-order valence-corrected chi connectivity index (χ0v) is 21.7. The quantitative estimate of drug-likeness (QED) is 0.607. The maximum Gasteiger partial charge on any atom is 0.250 e. The molecule has 0 bridgehead atoms. The minimum atomic E-state index is -0.353. The third kappa shape index (κ3) is 4.89. The summed E-state index contributed by atoms with van der Waals surface area (Å²) in [7, 11) is 0. The molecule has 2 N–H and O–H groups in total. The number of nitrogens with one attached hydrogen (secondary N) is 1. The largest absolute Gasteiger partial charge is 0.396 e. The third-order valence-corrected chi connectivity index (χ3v) is 9.40. The lowest BCUT2D eigenvalue weighted by molar-refractivity contribution is -0.128. The van der Waals surface area contributed by atoms with Gasteiger partial charge in [-0.25, -0.2) is 0 Å². The minimum Gasteiger partial charge on any atom is -0.396 e. The zero-order valence-electron chi connectivity index (χ0n) is 21.7. The maximum atomic E-state index is 13.9. The molecule has 2 saturated heterocycles. The molecule has 6 rings (SSSR count). The summed E-state index contributed by atoms with van der Waals surface area (Å²) in [6.07, 6.45) is 7.15. The molecule has 7 nitrogen and oxygen atoms in total. The fourth-order valence-electron chi connectivity index (χ4n) is 7.66. The average Bonchev–Trinajstić information content (AvgIpc) is 3.59. The number of carbonyl (C=O) groups excluding carboxylic acids is 1. The molecule has 198 valence electrons. The van der Waals surface area contributed by atoms with Crippen LogP contribution in [0.5, 0.6) is 0 Å². The van der Waals surface area contributed by atoms with Crippen LogP contribution in [0.1, 0.15) is 55.8 Å². The van der Waals surface area contributed by atoms with E-state index in [9.17, 15) is 14.7 Å². The molecule has 1 amide bonds. The molecule has 3 aliphatic heterocycles. The molecule has 4 aliphatic rings. The first-order valence-electron chi connectivity index (χ1n) is 14.3. The summed E-state index contributed by atoms with van der Waals surface area (Å²) in [4.78, 5) is 31.4. The van der Waals surface area contributed by atoms with Crippen molar-refractivity contribution in [2.24, 2.45) is 17.8 Å². The molecule has 7 heteroatoms. The Kier molecular flexibility index (Phi) is 7.19. The highest BCUT2D eigenvalue weighted by atomic mass is 16.3. The van der Waals surface area contributed by atoms with Gasteiger partial charge in [0, 0.05) is 69.0 Å². The van der Waals surface area contributed by atoms with Crippen LogP contribution in [0, 0.1) is 17.8 Å². The number of rotatable bonds is 7. The van der Waals surface area contributed by atoms with Crippen molar-refractivity contribution in [3.8, 4) is 0 Å². The highest BCUT2D eigenvalue weighted by molar-refractivity contribution is 5.83. The highest BCUT2D eigenvalue weighted by Gasteiger charge is 2.55. The van der Waals surface area contributed by atoms with Gasteiger partial charge in [0.1, 0.15) is 0 Å². The number of aliphatic hydroxyl groups excluding tert-OH is 1. The molecule has 1 saturated carbocycles. The average molecular weight is 505 g/mol. The number of hydrogen-bond donors (Lipinski definition) is 2. The molecular formula is C30H40N4O3. The lowest BCUT2D eigenvalue weighted by atomic mass is 9.88. The Morgan fingerprint density at radius 1 is 0.973 bits per heavy atom. The van der Waals surface area contributed by atoms with Gasteiger partial charge in [-0.15, -0.1) is 0 Å². The number of hydrogen-bond acceptors (Lipinski definition) is 5. The Bertz CT molecular complexity index is 1150. The van der Waals surface area contributed by atoms with Gasteiger partial charge in [0.2, 0.25) is 5.91 Å². The van der Waals surface area contributed by atoms with E-state index < -0.39 is 0 Å². The highest BCUT2D eigenvalue weighted by Crippen LogP contribution is 2.49. The minimum absolute atomic E-state index is 0.0156. The molecule has 1 aromatic carbocycles. The van der Waals surface area contributed by atoms with Crippen molar-refractivity contribution in [1.82, 2.24) is 19.7 Å². The van der Waals surface area contributed by atoms with Crippen molar-refractivity contribution in [2.75, 3.05) is 26.2 Å². The van der Waals surface area contributed by atoms with E-state index in [4.69, 9.17) is 0 Å². The molecule has 0 unspecified atom stereocenters. The topological polar surface area (TPSA) is 77.8 Å².